The van der Waals surface area contributed by atoms with E-state index in [9.17, 15) is 9.59 Å². The van der Waals surface area contributed by atoms with Crippen LogP contribution in [-0.2, 0) is 16.1 Å². The van der Waals surface area contributed by atoms with E-state index in [1.54, 1.807) is 30.0 Å². The monoisotopic (exact) mass is 384 g/mol. The fraction of sp³-hybridized carbons (Fsp3) is 0.579. The minimum atomic E-state index is -0.536. The highest BCUT2D eigenvalue weighted by molar-refractivity contribution is 6.35. The van der Waals surface area contributed by atoms with Crippen LogP contribution in [0.4, 0.5) is 0 Å². The van der Waals surface area contributed by atoms with Gasteiger partial charge in [0.1, 0.15) is 6.04 Å². The molecule has 0 radical (unpaired) electrons. The summed E-state index contributed by atoms with van der Waals surface area (Å²) in [4.78, 5) is 26.8. The van der Waals surface area contributed by atoms with E-state index in [1.165, 1.54) is 0 Å². The molecular formula is C19H26Cl2N2O2. The van der Waals surface area contributed by atoms with E-state index < -0.39 is 6.04 Å². The van der Waals surface area contributed by atoms with Gasteiger partial charge in [-0.25, -0.2) is 0 Å². The van der Waals surface area contributed by atoms with E-state index in [2.05, 4.69) is 5.32 Å². The molecule has 0 bridgehead atoms. The number of hydrogen-bond donors (Lipinski definition) is 1. The molecule has 1 fully saturated rings. The lowest BCUT2D eigenvalue weighted by Gasteiger charge is -2.30. The third-order valence-electron chi connectivity index (χ3n) is 4.69. The first-order valence-corrected chi connectivity index (χ1v) is 9.71. The summed E-state index contributed by atoms with van der Waals surface area (Å²) in [6, 6.07) is 4.90. The molecule has 2 rings (SSSR count). The molecule has 138 valence electrons. The van der Waals surface area contributed by atoms with Crippen molar-refractivity contribution in [3.8, 4) is 0 Å². The minimum absolute atomic E-state index is 0.0393. The first-order valence-electron chi connectivity index (χ1n) is 8.96. The van der Waals surface area contributed by atoms with E-state index in [4.69, 9.17) is 23.2 Å². The molecule has 1 aromatic rings. The lowest BCUT2D eigenvalue weighted by Crippen LogP contribution is -2.49. The maximum absolute atomic E-state index is 12.6. The zero-order chi connectivity index (χ0) is 18.4. The highest BCUT2D eigenvalue weighted by atomic mass is 35.5. The third kappa shape index (κ3) is 5.61. The summed E-state index contributed by atoms with van der Waals surface area (Å²) in [6.07, 6.45) is 5.48. The Balaban J connectivity index is 2.13. The molecule has 4 nitrogen and oxygen atoms in total. The number of carbonyl (C=O) groups is 2. The van der Waals surface area contributed by atoms with Crippen molar-refractivity contribution in [1.29, 1.82) is 0 Å². The molecule has 1 saturated carbocycles. The van der Waals surface area contributed by atoms with Crippen LogP contribution >= 0.6 is 23.2 Å². The largest absolute Gasteiger partial charge is 0.352 e. The second kappa shape index (κ2) is 9.44. The Morgan fingerprint density at radius 1 is 1.28 bits per heavy atom. The first kappa shape index (κ1) is 20.1. The van der Waals surface area contributed by atoms with E-state index in [0.29, 0.717) is 23.0 Å². The average molecular weight is 385 g/mol. The van der Waals surface area contributed by atoms with Gasteiger partial charge in [-0.2, -0.15) is 0 Å². The van der Waals surface area contributed by atoms with Crippen molar-refractivity contribution in [2.45, 2.75) is 71.0 Å². The molecule has 0 aliphatic heterocycles. The molecule has 1 aliphatic rings. The van der Waals surface area contributed by atoms with Gasteiger partial charge in [-0.1, -0.05) is 49.0 Å². The Morgan fingerprint density at radius 2 is 1.96 bits per heavy atom. The molecule has 2 amide bonds. The smallest absolute Gasteiger partial charge is 0.242 e. The molecule has 0 unspecified atom stereocenters. The van der Waals surface area contributed by atoms with Crippen molar-refractivity contribution >= 4 is 35.0 Å². The van der Waals surface area contributed by atoms with Crippen molar-refractivity contribution in [3.63, 3.8) is 0 Å². The topological polar surface area (TPSA) is 49.4 Å². The number of hydrogen-bond acceptors (Lipinski definition) is 2. The second-order valence-electron chi connectivity index (χ2n) is 6.67. The summed E-state index contributed by atoms with van der Waals surface area (Å²) >= 11 is 12.2. The first-order chi connectivity index (χ1) is 11.9. The predicted molar refractivity (Wildman–Crippen MR) is 102 cm³/mol. The summed E-state index contributed by atoms with van der Waals surface area (Å²) in [5.74, 6) is -0.135. The van der Waals surface area contributed by atoms with Crippen LogP contribution < -0.4 is 5.32 Å². The Labute approximate surface area is 159 Å². The molecule has 1 aromatic carbocycles. The number of nitrogens with zero attached hydrogens (tertiary/aromatic N) is 1. The minimum Gasteiger partial charge on any atom is -0.352 e. The van der Waals surface area contributed by atoms with Gasteiger partial charge in [0.05, 0.1) is 0 Å². The molecule has 0 heterocycles. The van der Waals surface area contributed by atoms with Gasteiger partial charge in [0, 0.05) is 29.1 Å². The van der Waals surface area contributed by atoms with Gasteiger partial charge >= 0.3 is 0 Å². The fourth-order valence-electron chi connectivity index (χ4n) is 3.17. The van der Waals surface area contributed by atoms with Crippen LogP contribution in [0.5, 0.6) is 0 Å². The normalized spacial score (nSPS) is 15.8. The summed E-state index contributed by atoms with van der Waals surface area (Å²) in [5, 5.41) is 4.13. The van der Waals surface area contributed by atoms with E-state index in [0.717, 1.165) is 37.7 Å². The quantitative estimate of drug-likeness (QED) is 0.748. The van der Waals surface area contributed by atoms with E-state index in [1.807, 2.05) is 6.92 Å². The standard InChI is InChI=1S/C19H26Cl2N2O2/c1-3-6-18(24)23(12-14-9-10-15(20)11-17(14)21)13(2)19(25)22-16-7-4-5-8-16/h9-11,13,16H,3-8,12H2,1-2H3,(H,22,25)/t13-/m1/s1. The summed E-state index contributed by atoms with van der Waals surface area (Å²) in [6.45, 7) is 4.03. The number of nitrogens with one attached hydrogen (secondary N) is 1. The van der Waals surface area contributed by atoms with E-state index >= 15 is 0 Å². The molecule has 1 aliphatic carbocycles. The Kier molecular flexibility index (Phi) is 7.57. The summed E-state index contributed by atoms with van der Waals surface area (Å²) in [5.41, 5.74) is 0.788. The molecule has 0 saturated heterocycles. The maximum atomic E-state index is 12.6. The van der Waals surface area contributed by atoms with E-state index in [-0.39, 0.29) is 17.9 Å². The summed E-state index contributed by atoms with van der Waals surface area (Å²) < 4.78 is 0. The number of carbonyl (C=O) groups excluding carboxylic acids is 2. The SMILES string of the molecule is CCCC(=O)N(Cc1ccc(Cl)cc1Cl)[C@H](C)C(=O)NC1CCCC1. The molecule has 6 heteroatoms. The van der Waals surface area contributed by atoms with Crippen LogP contribution in [0, 0.1) is 0 Å². The van der Waals surface area contributed by atoms with Crippen LogP contribution in [0.1, 0.15) is 57.9 Å². The molecular weight excluding hydrogens is 359 g/mol. The highest BCUT2D eigenvalue weighted by Crippen LogP contribution is 2.24. The van der Waals surface area contributed by atoms with Crippen molar-refractivity contribution in [2.75, 3.05) is 0 Å². The van der Waals surface area contributed by atoms with Crippen LogP contribution in [0.2, 0.25) is 10.0 Å². The lowest BCUT2D eigenvalue weighted by atomic mass is 10.1. The molecule has 0 aromatic heterocycles. The van der Waals surface area contributed by atoms with Gasteiger partial charge in [0.15, 0.2) is 0 Å². The van der Waals surface area contributed by atoms with Crippen molar-refractivity contribution < 1.29 is 9.59 Å². The van der Waals surface area contributed by atoms with Crippen LogP contribution in [0.3, 0.4) is 0 Å². The second-order valence-corrected chi connectivity index (χ2v) is 7.52. The van der Waals surface area contributed by atoms with Crippen LogP contribution in [-0.4, -0.2) is 28.8 Å². The molecule has 25 heavy (non-hydrogen) atoms. The Morgan fingerprint density at radius 3 is 2.56 bits per heavy atom. The van der Waals surface area contributed by atoms with Gasteiger partial charge in [-0.15, -0.1) is 0 Å². The average Bonchev–Trinajstić information content (AvgIpc) is 3.06. The number of halogens is 2. The molecule has 1 N–H and O–H groups in total. The van der Waals surface area contributed by atoms with Gasteiger partial charge in [-0.3, -0.25) is 9.59 Å². The lowest BCUT2D eigenvalue weighted by molar-refractivity contribution is -0.140. The van der Waals surface area contributed by atoms with Gasteiger partial charge in [0.2, 0.25) is 11.8 Å². The predicted octanol–water partition coefficient (Wildman–Crippen LogP) is 4.57. The van der Waals surface area contributed by atoms with Crippen LogP contribution in [0.25, 0.3) is 0 Å². The Bertz CT molecular complexity index is 615. The number of rotatable bonds is 7. The Hall–Kier alpha value is -1.26. The number of benzene rings is 1. The maximum Gasteiger partial charge on any atom is 0.242 e. The third-order valence-corrected chi connectivity index (χ3v) is 5.28. The van der Waals surface area contributed by atoms with Gasteiger partial charge < -0.3 is 10.2 Å². The zero-order valence-corrected chi connectivity index (χ0v) is 16.4. The van der Waals surface area contributed by atoms with Crippen molar-refractivity contribution in [1.82, 2.24) is 10.2 Å². The molecule has 1 atom stereocenters. The van der Waals surface area contributed by atoms with Gasteiger partial charge in [0.25, 0.3) is 0 Å². The molecule has 0 spiro atoms. The van der Waals surface area contributed by atoms with Crippen molar-refractivity contribution in [3.05, 3.63) is 33.8 Å². The van der Waals surface area contributed by atoms with Crippen molar-refractivity contribution in [2.24, 2.45) is 0 Å². The fourth-order valence-corrected chi connectivity index (χ4v) is 3.63. The van der Waals surface area contributed by atoms with Crippen LogP contribution in [0.15, 0.2) is 18.2 Å². The highest BCUT2D eigenvalue weighted by Gasteiger charge is 2.28. The zero-order valence-electron chi connectivity index (χ0n) is 14.9. The summed E-state index contributed by atoms with van der Waals surface area (Å²) in [7, 11) is 0. The van der Waals surface area contributed by atoms with Gasteiger partial charge in [-0.05, 0) is 43.9 Å². The number of amides is 2.